The second-order valence-corrected chi connectivity index (χ2v) is 4.25. The topological polar surface area (TPSA) is 35.8 Å². The van der Waals surface area contributed by atoms with Gasteiger partial charge in [-0.05, 0) is 30.7 Å². The molecule has 4 heteroatoms. The van der Waals surface area contributed by atoms with Crippen LogP contribution in [0.1, 0.15) is 16.7 Å². The van der Waals surface area contributed by atoms with Gasteiger partial charge >= 0.3 is 0 Å². The smallest absolute Gasteiger partial charge is 0.131 e. The van der Waals surface area contributed by atoms with Crippen LogP contribution >= 0.6 is 0 Å². The van der Waals surface area contributed by atoms with Crippen molar-refractivity contribution in [2.45, 2.75) is 13.5 Å². The lowest BCUT2D eigenvalue weighted by Crippen LogP contribution is -2.03. The SMILES string of the molecule is Cc1ccc(NCc2ccc(F)cc2F)c(C#N)c1. The molecular weight excluding hydrogens is 246 g/mol. The Bertz CT molecular complexity index is 645. The van der Waals surface area contributed by atoms with Crippen molar-refractivity contribution in [2.75, 3.05) is 5.32 Å². The number of halogens is 2. The van der Waals surface area contributed by atoms with Crippen LogP contribution in [-0.2, 0) is 6.54 Å². The lowest BCUT2D eigenvalue weighted by molar-refractivity contribution is 0.574. The third-order valence-electron chi connectivity index (χ3n) is 2.78. The monoisotopic (exact) mass is 258 g/mol. The standard InChI is InChI=1S/C15H12F2N2/c1-10-2-5-15(12(6-10)8-18)19-9-11-3-4-13(16)7-14(11)17/h2-7,19H,9H2,1H3. The number of nitrogens with one attached hydrogen (secondary N) is 1. The Morgan fingerprint density at radius 1 is 1.16 bits per heavy atom. The van der Waals surface area contributed by atoms with Crippen LogP contribution in [0.5, 0.6) is 0 Å². The van der Waals surface area contributed by atoms with E-state index in [2.05, 4.69) is 11.4 Å². The minimum absolute atomic E-state index is 0.198. The molecule has 0 atom stereocenters. The molecule has 0 aliphatic rings. The van der Waals surface area contributed by atoms with Gasteiger partial charge in [-0.1, -0.05) is 12.1 Å². The van der Waals surface area contributed by atoms with Crippen molar-refractivity contribution in [1.82, 2.24) is 0 Å². The summed E-state index contributed by atoms with van der Waals surface area (Å²) in [7, 11) is 0. The predicted octanol–water partition coefficient (Wildman–Crippen LogP) is 3.76. The number of rotatable bonds is 3. The van der Waals surface area contributed by atoms with E-state index in [9.17, 15) is 8.78 Å². The van der Waals surface area contributed by atoms with Gasteiger partial charge in [0.05, 0.1) is 11.3 Å². The highest BCUT2D eigenvalue weighted by atomic mass is 19.1. The summed E-state index contributed by atoms with van der Waals surface area (Å²) >= 11 is 0. The molecule has 0 unspecified atom stereocenters. The third kappa shape index (κ3) is 3.08. The van der Waals surface area contributed by atoms with Gasteiger partial charge in [0.1, 0.15) is 17.7 Å². The normalized spacial score (nSPS) is 10.0. The van der Waals surface area contributed by atoms with E-state index >= 15 is 0 Å². The summed E-state index contributed by atoms with van der Waals surface area (Å²) in [5.41, 5.74) is 2.47. The van der Waals surface area contributed by atoms with Gasteiger partial charge in [-0.2, -0.15) is 5.26 Å². The maximum absolute atomic E-state index is 13.5. The Labute approximate surface area is 110 Å². The lowest BCUT2D eigenvalue weighted by Gasteiger charge is -2.09. The zero-order valence-corrected chi connectivity index (χ0v) is 10.4. The number of nitrogens with zero attached hydrogens (tertiary/aromatic N) is 1. The van der Waals surface area contributed by atoms with E-state index in [4.69, 9.17) is 5.26 Å². The molecule has 0 saturated carbocycles. The van der Waals surface area contributed by atoms with Gasteiger partial charge in [-0.15, -0.1) is 0 Å². The first kappa shape index (κ1) is 13.0. The van der Waals surface area contributed by atoms with E-state index in [-0.39, 0.29) is 6.54 Å². The fourth-order valence-electron chi connectivity index (χ4n) is 1.76. The predicted molar refractivity (Wildman–Crippen MR) is 69.6 cm³/mol. The number of aryl methyl sites for hydroxylation is 1. The van der Waals surface area contributed by atoms with Gasteiger partial charge in [0.25, 0.3) is 0 Å². The van der Waals surface area contributed by atoms with E-state index in [0.717, 1.165) is 11.6 Å². The Hall–Kier alpha value is -2.41. The molecule has 1 N–H and O–H groups in total. The summed E-state index contributed by atoms with van der Waals surface area (Å²) in [6.45, 7) is 2.09. The van der Waals surface area contributed by atoms with Crippen LogP contribution in [0.2, 0.25) is 0 Å². The van der Waals surface area contributed by atoms with Gasteiger partial charge in [-0.3, -0.25) is 0 Å². The number of benzene rings is 2. The summed E-state index contributed by atoms with van der Waals surface area (Å²) in [5.74, 6) is -1.20. The molecule has 0 aromatic heterocycles. The number of nitriles is 1. The van der Waals surface area contributed by atoms with Crippen molar-refractivity contribution >= 4 is 5.69 Å². The molecule has 0 spiro atoms. The molecule has 96 valence electrons. The molecule has 0 amide bonds. The summed E-state index contributed by atoms with van der Waals surface area (Å²) in [5, 5.41) is 12.0. The van der Waals surface area contributed by atoms with Crippen molar-refractivity contribution in [1.29, 1.82) is 5.26 Å². The minimum atomic E-state index is -0.603. The summed E-state index contributed by atoms with van der Waals surface area (Å²) in [6, 6.07) is 10.9. The summed E-state index contributed by atoms with van der Waals surface area (Å²) in [4.78, 5) is 0. The molecule has 0 aliphatic carbocycles. The van der Waals surface area contributed by atoms with Crippen LogP contribution in [0.15, 0.2) is 36.4 Å². The molecule has 2 aromatic rings. The third-order valence-corrected chi connectivity index (χ3v) is 2.78. The first-order valence-corrected chi connectivity index (χ1v) is 5.78. The molecule has 2 aromatic carbocycles. The van der Waals surface area contributed by atoms with Crippen LogP contribution in [0, 0.1) is 29.9 Å². The van der Waals surface area contributed by atoms with Crippen molar-refractivity contribution in [3.05, 3.63) is 64.7 Å². The van der Waals surface area contributed by atoms with Crippen molar-refractivity contribution < 1.29 is 8.78 Å². The average molecular weight is 258 g/mol. The number of hydrogen-bond acceptors (Lipinski definition) is 2. The van der Waals surface area contributed by atoms with Gasteiger partial charge in [-0.25, -0.2) is 8.78 Å². The van der Waals surface area contributed by atoms with Gasteiger partial charge in [0.15, 0.2) is 0 Å². The van der Waals surface area contributed by atoms with Crippen LogP contribution < -0.4 is 5.32 Å². The van der Waals surface area contributed by atoms with Crippen LogP contribution in [0.4, 0.5) is 14.5 Å². The lowest BCUT2D eigenvalue weighted by atomic mass is 10.1. The van der Waals surface area contributed by atoms with Crippen LogP contribution in [-0.4, -0.2) is 0 Å². The first-order valence-electron chi connectivity index (χ1n) is 5.78. The molecule has 0 radical (unpaired) electrons. The Morgan fingerprint density at radius 3 is 2.63 bits per heavy atom. The van der Waals surface area contributed by atoms with E-state index in [0.29, 0.717) is 16.8 Å². The molecule has 19 heavy (non-hydrogen) atoms. The molecule has 2 nitrogen and oxygen atoms in total. The van der Waals surface area contributed by atoms with Gasteiger partial charge < -0.3 is 5.32 Å². The fourth-order valence-corrected chi connectivity index (χ4v) is 1.76. The highest BCUT2D eigenvalue weighted by Gasteiger charge is 2.06. The van der Waals surface area contributed by atoms with Crippen molar-refractivity contribution in [2.24, 2.45) is 0 Å². The van der Waals surface area contributed by atoms with E-state index < -0.39 is 11.6 Å². The average Bonchev–Trinajstić information content (AvgIpc) is 2.39. The van der Waals surface area contributed by atoms with Gasteiger partial charge in [0.2, 0.25) is 0 Å². The van der Waals surface area contributed by atoms with Crippen molar-refractivity contribution in [3.8, 4) is 6.07 Å². The zero-order chi connectivity index (χ0) is 13.8. The first-order chi connectivity index (χ1) is 9.10. The molecular formula is C15H12F2N2. The van der Waals surface area contributed by atoms with Crippen molar-refractivity contribution in [3.63, 3.8) is 0 Å². The van der Waals surface area contributed by atoms with E-state index in [1.54, 1.807) is 12.1 Å². The fraction of sp³-hybridized carbons (Fsp3) is 0.133. The quantitative estimate of drug-likeness (QED) is 0.909. The van der Waals surface area contributed by atoms with Crippen LogP contribution in [0.3, 0.4) is 0 Å². The highest BCUT2D eigenvalue weighted by molar-refractivity contribution is 5.58. The Balaban J connectivity index is 2.17. The Kier molecular flexibility index (Phi) is 3.76. The van der Waals surface area contributed by atoms with E-state index in [1.165, 1.54) is 12.1 Å². The molecule has 0 saturated heterocycles. The molecule has 0 fully saturated rings. The largest absolute Gasteiger partial charge is 0.380 e. The number of anilines is 1. The molecule has 0 aliphatic heterocycles. The molecule has 0 heterocycles. The minimum Gasteiger partial charge on any atom is -0.380 e. The molecule has 0 bridgehead atoms. The summed E-state index contributed by atoms with van der Waals surface area (Å²) in [6.07, 6.45) is 0. The highest BCUT2D eigenvalue weighted by Crippen LogP contribution is 2.18. The van der Waals surface area contributed by atoms with Gasteiger partial charge in [0, 0.05) is 18.2 Å². The molecule has 2 rings (SSSR count). The maximum Gasteiger partial charge on any atom is 0.131 e. The second-order valence-electron chi connectivity index (χ2n) is 4.25. The van der Waals surface area contributed by atoms with Crippen LogP contribution in [0.25, 0.3) is 0 Å². The Morgan fingerprint density at radius 2 is 1.95 bits per heavy atom. The zero-order valence-electron chi connectivity index (χ0n) is 10.4. The van der Waals surface area contributed by atoms with E-state index in [1.807, 2.05) is 13.0 Å². The second kappa shape index (κ2) is 5.49. The maximum atomic E-state index is 13.5. The number of hydrogen-bond donors (Lipinski definition) is 1. The summed E-state index contributed by atoms with van der Waals surface area (Å²) < 4.78 is 26.2.